The summed E-state index contributed by atoms with van der Waals surface area (Å²) >= 11 is 0. The zero-order valence-electron chi connectivity index (χ0n) is 35.8. The molecule has 3 saturated heterocycles. The highest BCUT2D eigenvalue weighted by Gasteiger charge is 2.32. The summed E-state index contributed by atoms with van der Waals surface area (Å²) in [6.45, 7) is 1.90. The van der Waals surface area contributed by atoms with Crippen LogP contribution in [-0.2, 0) is 34.0 Å². The second-order valence-corrected chi connectivity index (χ2v) is 14.6. The molecule has 3 heterocycles. The van der Waals surface area contributed by atoms with Crippen LogP contribution in [0.2, 0.25) is 0 Å². The molecule has 0 N–H and O–H groups in total. The Morgan fingerprint density at radius 3 is 0.894 bits per heavy atom. The van der Waals surface area contributed by atoms with E-state index in [4.69, 9.17) is 28.4 Å². The lowest BCUT2D eigenvalue weighted by molar-refractivity contribution is -0.129. The third-order valence-electron chi connectivity index (χ3n) is 10.4. The van der Waals surface area contributed by atoms with Crippen molar-refractivity contribution in [3.8, 4) is 34.5 Å². The van der Waals surface area contributed by atoms with Gasteiger partial charge in [0.1, 0.15) is 34.5 Å². The second kappa shape index (κ2) is 27.9. The van der Waals surface area contributed by atoms with Crippen LogP contribution in [0.1, 0.15) is 58.2 Å². The molecule has 6 rings (SSSR count). The van der Waals surface area contributed by atoms with Gasteiger partial charge < -0.3 is 43.1 Å². The topological polar surface area (TPSA) is 116 Å². The van der Waals surface area contributed by atoms with Gasteiger partial charge in [-0.15, -0.1) is 0 Å². The van der Waals surface area contributed by atoms with Gasteiger partial charge in [-0.2, -0.15) is 26.3 Å². The van der Waals surface area contributed by atoms with E-state index >= 15 is 0 Å². The summed E-state index contributed by atoms with van der Waals surface area (Å²) < 4.78 is 105. The predicted molar refractivity (Wildman–Crippen MR) is 240 cm³/mol. The normalized spacial score (nSPS) is 17.0. The number of carbonyl (C=O) groups is 3. The lowest BCUT2D eigenvalue weighted by Crippen LogP contribution is -2.24. The Kier molecular flexibility index (Phi) is 24.4. The van der Waals surface area contributed by atoms with Crippen LogP contribution in [-0.4, -0.2) is 94.7 Å². The van der Waals surface area contributed by atoms with Crippen molar-refractivity contribution in [3.05, 3.63) is 108 Å². The quantitative estimate of drug-likeness (QED) is 0.137. The fourth-order valence-electron chi connectivity index (χ4n) is 7.30. The molecule has 3 aliphatic rings. The average molecular weight is 940 g/mol. The Morgan fingerprint density at radius 1 is 0.455 bits per heavy atom. The summed E-state index contributed by atoms with van der Waals surface area (Å²) in [5.41, 5.74) is 2.45. The molecule has 0 bridgehead atoms. The Bertz CT molecular complexity index is 1910. The lowest BCUT2D eigenvalue weighted by Gasteiger charge is -2.18. The molecule has 3 aromatic rings. The van der Waals surface area contributed by atoms with E-state index in [1.54, 1.807) is 72.4 Å². The van der Waals surface area contributed by atoms with Crippen molar-refractivity contribution in [2.45, 2.75) is 61.2 Å². The van der Waals surface area contributed by atoms with Gasteiger partial charge in [-0.05, 0) is 54.6 Å². The summed E-state index contributed by atoms with van der Waals surface area (Å²) in [6, 6.07) is 15.9. The molecule has 3 aliphatic heterocycles. The van der Waals surface area contributed by atoms with Crippen molar-refractivity contribution >= 4 is 17.7 Å². The molecule has 366 valence electrons. The highest BCUT2D eigenvalue weighted by Crippen LogP contribution is 2.32. The summed E-state index contributed by atoms with van der Waals surface area (Å²) in [6.07, 6.45) is -2.30. The van der Waals surface area contributed by atoms with E-state index < -0.39 is 36.0 Å². The van der Waals surface area contributed by atoms with Crippen molar-refractivity contribution in [1.82, 2.24) is 14.7 Å². The smallest absolute Gasteiger partial charge is 0.266 e. The van der Waals surface area contributed by atoms with E-state index in [1.165, 1.54) is 21.3 Å². The van der Waals surface area contributed by atoms with Crippen LogP contribution in [0.4, 0.5) is 26.3 Å². The van der Waals surface area contributed by atoms with Crippen LogP contribution in [0, 0.1) is 17.8 Å². The second-order valence-electron chi connectivity index (χ2n) is 14.6. The molecule has 0 aromatic heterocycles. The van der Waals surface area contributed by atoms with Crippen LogP contribution in [0.3, 0.4) is 0 Å². The van der Waals surface area contributed by atoms with Crippen molar-refractivity contribution < 1.29 is 69.1 Å². The predicted octanol–water partition coefficient (Wildman–Crippen LogP) is 10.4. The number of nitrogens with zero attached hydrogens (tertiary/aromatic N) is 3. The molecule has 3 aromatic carbocycles. The number of likely N-dealkylation sites (tertiary alicyclic amines) is 3. The molecular weight excluding hydrogens is 877 g/mol. The molecule has 0 spiro atoms. The van der Waals surface area contributed by atoms with Gasteiger partial charge in [0.2, 0.25) is 17.7 Å². The van der Waals surface area contributed by atoms with Crippen LogP contribution in [0.25, 0.3) is 0 Å². The molecule has 0 saturated carbocycles. The van der Waals surface area contributed by atoms with Gasteiger partial charge in [-0.25, -0.2) is 0 Å². The minimum Gasteiger partial charge on any atom is -0.497 e. The summed E-state index contributed by atoms with van der Waals surface area (Å²) in [4.78, 5) is 40.3. The Morgan fingerprint density at radius 2 is 0.697 bits per heavy atom. The van der Waals surface area contributed by atoms with Gasteiger partial charge in [0.05, 0.1) is 42.7 Å². The summed E-state index contributed by atoms with van der Waals surface area (Å²) in [7, 11) is 9.28. The SMILES string of the molecule is C.C.C.COc1ccc(CN2CC(C=C(F)F)CC2=O)c(OC)c1.COc1ccc(CN2C[C@@H](C=C(F)F)CC2=O)c(OC)c1.COc1ccc(CN2C[C@H](C=C(F)F)CC2=O)c(OC)c1. The first-order valence-electron chi connectivity index (χ1n) is 19.6. The monoisotopic (exact) mass is 939 g/mol. The lowest BCUT2D eigenvalue weighted by atomic mass is 10.1. The van der Waals surface area contributed by atoms with E-state index in [9.17, 15) is 40.7 Å². The van der Waals surface area contributed by atoms with E-state index in [2.05, 4.69) is 0 Å². The maximum absolute atomic E-state index is 12.3. The highest BCUT2D eigenvalue weighted by atomic mass is 19.3. The molecule has 3 atom stereocenters. The van der Waals surface area contributed by atoms with Gasteiger partial charge in [0, 0.05) is 111 Å². The molecule has 0 aliphatic carbocycles. The number of hydrogen-bond donors (Lipinski definition) is 0. The van der Waals surface area contributed by atoms with Crippen molar-refractivity contribution in [2.24, 2.45) is 17.8 Å². The molecule has 18 heteroatoms. The number of carbonyl (C=O) groups excluding carboxylic acids is 3. The van der Waals surface area contributed by atoms with Gasteiger partial charge in [-0.3, -0.25) is 14.4 Å². The fourth-order valence-corrected chi connectivity index (χ4v) is 7.30. The number of halogens is 6. The molecule has 66 heavy (non-hydrogen) atoms. The van der Waals surface area contributed by atoms with E-state index in [1.807, 2.05) is 18.2 Å². The first kappa shape index (κ1) is 57.7. The summed E-state index contributed by atoms with van der Waals surface area (Å²) in [5.74, 6) is 2.13. The van der Waals surface area contributed by atoms with E-state index in [0.29, 0.717) is 73.8 Å². The number of benzene rings is 3. The van der Waals surface area contributed by atoms with Crippen LogP contribution in [0.15, 0.2) is 91.1 Å². The molecular formula is C48H63F6N3O9. The third-order valence-corrected chi connectivity index (χ3v) is 10.4. The van der Waals surface area contributed by atoms with Crippen LogP contribution >= 0.6 is 0 Å². The molecule has 3 fully saturated rings. The van der Waals surface area contributed by atoms with Gasteiger partial charge in [0.15, 0.2) is 0 Å². The van der Waals surface area contributed by atoms with Crippen LogP contribution in [0.5, 0.6) is 34.5 Å². The zero-order valence-corrected chi connectivity index (χ0v) is 35.8. The molecule has 1 unspecified atom stereocenters. The Hall–Kier alpha value is -6.33. The third kappa shape index (κ3) is 16.9. The highest BCUT2D eigenvalue weighted by molar-refractivity contribution is 5.80. The largest absolute Gasteiger partial charge is 0.497 e. The van der Waals surface area contributed by atoms with Gasteiger partial charge in [-0.1, -0.05) is 22.3 Å². The average Bonchev–Trinajstić information content (AvgIpc) is 3.90. The Balaban J connectivity index is 0.000000484. The maximum Gasteiger partial charge on any atom is 0.266 e. The van der Waals surface area contributed by atoms with Gasteiger partial charge in [0.25, 0.3) is 18.2 Å². The first-order valence-corrected chi connectivity index (χ1v) is 19.6. The minimum absolute atomic E-state index is 0. The fraction of sp³-hybridized carbons (Fsp3) is 0.438. The summed E-state index contributed by atoms with van der Waals surface area (Å²) in [5, 5.41) is 0. The zero-order chi connectivity index (χ0) is 46.2. The van der Waals surface area contributed by atoms with E-state index in [-0.39, 0.29) is 59.3 Å². The molecule has 3 amide bonds. The number of methoxy groups -OCH3 is 6. The number of rotatable bonds is 15. The number of amides is 3. The number of ether oxygens (including phenoxy) is 6. The Labute approximate surface area is 384 Å². The van der Waals surface area contributed by atoms with Crippen molar-refractivity contribution in [1.29, 1.82) is 0 Å². The minimum atomic E-state index is -1.74. The number of hydrogen-bond acceptors (Lipinski definition) is 9. The van der Waals surface area contributed by atoms with Gasteiger partial charge >= 0.3 is 0 Å². The molecule has 12 nitrogen and oxygen atoms in total. The van der Waals surface area contributed by atoms with Crippen molar-refractivity contribution in [3.63, 3.8) is 0 Å². The van der Waals surface area contributed by atoms with E-state index in [0.717, 1.165) is 34.9 Å². The van der Waals surface area contributed by atoms with Crippen molar-refractivity contribution in [2.75, 3.05) is 62.3 Å². The molecule has 0 radical (unpaired) electrons. The first-order chi connectivity index (χ1) is 30.1. The van der Waals surface area contributed by atoms with Crippen LogP contribution < -0.4 is 28.4 Å². The maximum atomic E-state index is 12.3. The standard InChI is InChI=1S/3C15H17F2NO3.3CH4/c3*1-20-12-4-3-11(13(7-12)21-2)9-18-8-10(5-14(16)17)6-15(18)19;;;/h3*3-5,7,10H,6,8-9H2,1-2H3;3*1H4/t2*10-;;;;/m10..../s1.